The van der Waals surface area contributed by atoms with Gasteiger partial charge in [-0.25, -0.2) is 0 Å². The SMILES string of the molecule is CC1(CN(CCN)CCN)CCCC1. The van der Waals surface area contributed by atoms with Crippen LogP contribution in [0.1, 0.15) is 32.6 Å². The van der Waals surface area contributed by atoms with Crippen molar-refractivity contribution in [3.63, 3.8) is 0 Å². The normalized spacial score (nSPS) is 20.6. The minimum Gasteiger partial charge on any atom is -0.329 e. The Kier molecular flexibility index (Phi) is 4.85. The number of hydrogen-bond acceptors (Lipinski definition) is 3. The van der Waals surface area contributed by atoms with Crippen molar-refractivity contribution in [1.29, 1.82) is 0 Å². The molecule has 0 spiro atoms. The highest BCUT2D eigenvalue weighted by atomic mass is 15.1. The largest absolute Gasteiger partial charge is 0.329 e. The summed E-state index contributed by atoms with van der Waals surface area (Å²) in [6, 6.07) is 0. The number of hydrogen-bond donors (Lipinski definition) is 2. The zero-order valence-corrected chi connectivity index (χ0v) is 9.47. The van der Waals surface area contributed by atoms with Crippen LogP contribution in [-0.2, 0) is 0 Å². The summed E-state index contributed by atoms with van der Waals surface area (Å²) in [6.45, 7) is 7.06. The summed E-state index contributed by atoms with van der Waals surface area (Å²) in [4.78, 5) is 2.42. The monoisotopic (exact) mass is 199 g/mol. The lowest BCUT2D eigenvalue weighted by Crippen LogP contribution is -2.40. The number of nitrogens with zero attached hydrogens (tertiary/aromatic N) is 1. The van der Waals surface area contributed by atoms with Gasteiger partial charge >= 0.3 is 0 Å². The summed E-state index contributed by atoms with van der Waals surface area (Å²) in [5.41, 5.74) is 11.7. The first-order valence-corrected chi connectivity index (χ1v) is 5.83. The molecule has 0 radical (unpaired) electrons. The van der Waals surface area contributed by atoms with Crippen LogP contribution in [0.3, 0.4) is 0 Å². The van der Waals surface area contributed by atoms with Crippen LogP contribution in [0.2, 0.25) is 0 Å². The maximum absolute atomic E-state index is 5.59. The highest BCUT2D eigenvalue weighted by Gasteiger charge is 2.30. The zero-order valence-electron chi connectivity index (χ0n) is 9.47. The lowest BCUT2D eigenvalue weighted by molar-refractivity contribution is 0.174. The predicted octanol–water partition coefficient (Wildman–Crippen LogP) is 0.786. The van der Waals surface area contributed by atoms with Gasteiger partial charge in [-0.2, -0.15) is 0 Å². The Labute approximate surface area is 87.8 Å². The van der Waals surface area contributed by atoms with Gasteiger partial charge in [0.05, 0.1) is 0 Å². The minimum atomic E-state index is 0.532. The molecule has 0 bridgehead atoms. The molecule has 1 fully saturated rings. The molecule has 1 aliphatic carbocycles. The molecule has 84 valence electrons. The Balaban J connectivity index is 2.36. The van der Waals surface area contributed by atoms with E-state index in [0.717, 1.165) is 26.2 Å². The third-order valence-electron chi connectivity index (χ3n) is 3.31. The molecule has 0 aromatic heterocycles. The smallest absolute Gasteiger partial charge is 0.0105 e. The van der Waals surface area contributed by atoms with Crippen LogP contribution in [-0.4, -0.2) is 37.6 Å². The highest BCUT2D eigenvalue weighted by molar-refractivity contribution is 4.83. The maximum atomic E-state index is 5.59. The van der Waals surface area contributed by atoms with Gasteiger partial charge in [0.25, 0.3) is 0 Å². The van der Waals surface area contributed by atoms with Crippen molar-refractivity contribution in [2.75, 3.05) is 32.7 Å². The van der Waals surface area contributed by atoms with Gasteiger partial charge in [-0.3, -0.25) is 0 Å². The van der Waals surface area contributed by atoms with Crippen LogP contribution < -0.4 is 11.5 Å². The Morgan fingerprint density at radius 2 is 1.57 bits per heavy atom. The van der Waals surface area contributed by atoms with E-state index in [1.54, 1.807) is 0 Å². The molecule has 14 heavy (non-hydrogen) atoms. The molecule has 3 nitrogen and oxygen atoms in total. The molecule has 0 saturated heterocycles. The first-order valence-electron chi connectivity index (χ1n) is 5.83. The van der Waals surface area contributed by atoms with Crippen molar-refractivity contribution in [2.45, 2.75) is 32.6 Å². The van der Waals surface area contributed by atoms with E-state index >= 15 is 0 Å². The second-order valence-electron chi connectivity index (χ2n) is 4.87. The van der Waals surface area contributed by atoms with Crippen molar-refractivity contribution in [3.8, 4) is 0 Å². The van der Waals surface area contributed by atoms with Crippen molar-refractivity contribution < 1.29 is 0 Å². The van der Waals surface area contributed by atoms with E-state index in [1.165, 1.54) is 32.2 Å². The number of rotatable bonds is 6. The van der Waals surface area contributed by atoms with Crippen LogP contribution in [0.4, 0.5) is 0 Å². The fraction of sp³-hybridized carbons (Fsp3) is 1.00. The van der Waals surface area contributed by atoms with Gasteiger partial charge < -0.3 is 16.4 Å². The van der Waals surface area contributed by atoms with Gasteiger partial charge in [-0.15, -0.1) is 0 Å². The molecule has 0 aliphatic heterocycles. The van der Waals surface area contributed by atoms with Gasteiger partial charge in [0, 0.05) is 32.7 Å². The highest BCUT2D eigenvalue weighted by Crippen LogP contribution is 2.37. The first kappa shape index (κ1) is 12.0. The summed E-state index contributed by atoms with van der Waals surface area (Å²) in [6.07, 6.45) is 5.54. The van der Waals surface area contributed by atoms with Crippen LogP contribution >= 0.6 is 0 Å². The second-order valence-corrected chi connectivity index (χ2v) is 4.87. The molecule has 4 N–H and O–H groups in total. The Morgan fingerprint density at radius 3 is 2.00 bits per heavy atom. The Bertz CT molecular complexity index is 147. The van der Waals surface area contributed by atoms with Crippen molar-refractivity contribution in [1.82, 2.24) is 4.90 Å². The summed E-state index contributed by atoms with van der Waals surface area (Å²) >= 11 is 0. The molecule has 0 atom stereocenters. The average molecular weight is 199 g/mol. The second kappa shape index (κ2) is 5.69. The molecule has 0 unspecified atom stereocenters. The third-order valence-corrected chi connectivity index (χ3v) is 3.31. The Hall–Kier alpha value is -0.120. The summed E-state index contributed by atoms with van der Waals surface area (Å²) in [5, 5.41) is 0. The molecular weight excluding hydrogens is 174 g/mol. The molecule has 0 amide bonds. The van der Waals surface area contributed by atoms with Crippen molar-refractivity contribution >= 4 is 0 Å². The number of nitrogens with two attached hydrogens (primary N) is 2. The van der Waals surface area contributed by atoms with E-state index in [2.05, 4.69) is 11.8 Å². The molecular formula is C11H25N3. The summed E-state index contributed by atoms with van der Waals surface area (Å²) in [7, 11) is 0. The topological polar surface area (TPSA) is 55.3 Å². The van der Waals surface area contributed by atoms with Crippen molar-refractivity contribution in [2.24, 2.45) is 16.9 Å². The fourth-order valence-electron chi connectivity index (χ4n) is 2.56. The van der Waals surface area contributed by atoms with Crippen LogP contribution in [0.5, 0.6) is 0 Å². The molecule has 3 heteroatoms. The lowest BCUT2D eigenvalue weighted by Gasteiger charge is -2.32. The van der Waals surface area contributed by atoms with Crippen LogP contribution in [0.25, 0.3) is 0 Å². The first-order chi connectivity index (χ1) is 6.70. The van der Waals surface area contributed by atoms with E-state index in [1.807, 2.05) is 0 Å². The summed E-state index contributed by atoms with van der Waals surface area (Å²) in [5.74, 6) is 0. The predicted molar refractivity (Wildman–Crippen MR) is 61.1 cm³/mol. The fourth-order valence-corrected chi connectivity index (χ4v) is 2.56. The third kappa shape index (κ3) is 3.56. The zero-order chi connectivity index (χ0) is 10.4. The molecule has 0 aromatic carbocycles. The van der Waals surface area contributed by atoms with Gasteiger partial charge in [0.2, 0.25) is 0 Å². The van der Waals surface area contributed by atoms with Crippen LogP contribution in [0.15, 0.2) is 0 Å². The van der Waals surface area contributed by atoms with Crippen LogP contribution in [0, 0.1) is 5.41 Å². The van der Waals surface area contributed by atoms with E-state index in [-0.39, 0.29) is 0 Å². The average Bonchev–Trinajstić information content (AvgIpc) is 2.53. The van der Waals surface area contributed by atoms with E-state index in [9.17, 15) is 0 Å². The molecule has 1 rings (SSSR count). The summed E-state index contributed by atoms with van der Waals surface area (Å²) < 4.78 is 0. The van der Waals surface area contributed by atoms with E-state index in [4.69, 9.17) is 11.5 Å². The molecule has 0 aromatic rings. The minimum absolute atomic E-state index is 0.532. The van der Waals surface area contributed by atoms with E-state index in [0.29, 0.717) is 5.41 Å². The Morgan fingerprint density at radius 1 is 1.07 bits per heavy atom. The molecule has 1 aliphatic rings. The van der Waals surface area contributed by atoms with Gasteiger partial charge in [0.15, 0.2) is 0 Å². The molecule has 1 saturated carbocycles. The van der Waals surface area contributed by atoms with E-state index < -0.39 is 0 Å². The quantitative estimate of drug-likeness (QED) is 0.665. The maximum Gasteiger partial charge on any atom is 0.0105 e. The van der Waals surface area contributed by atoms with Gasteiger partial charge in [0.1, 0.15) is 0 Å². The lowest BCUT2D eigenvalue weighted by atomic mass is 9.88. The van der Waals surface area contributed by atoms with Gasteiger partial charge in [-0.1, -0.05) is 19.8 Å². The molecule has 0 heterocycles. The van der Waals surface area contributed by atoms with Gasteiger partial charge in [-0.05, 0) is 18.3 Å². The van der Waals surface area contributed by atoms with Crippen molar-refractivity contribution in [3.05, 3.63) is 0 Å². The standard InChI is InChI=1S/C11H25N3/c1-11(4-2-3-5-11)10-14(8-6-12)9-7-13/h2-10,12-13H2,1H3.